The van der Waals surface area contributed by atoms with E-state index >= 15 is 0 Å². The highest BCUT2D eigenvalue weighted by Gasteiger charge is 2.18. The van der Waals surface area contributed by atoms with Gasteiger partial charge < -0.3 is 15.8 Å². The maximum atomic E-state index is 6.10. The molecule has 1 aromatic rings. The SMILES string of the molecule is COc1nc(CC(C)C)nc(NC2CCCCC2)c1N. The number of aromatic nitrogens is 2. The van der Waals surface area contributed by atoms with Crippen LogP contribution in [0, 0.1) is 5.92 Å². The molecule has 0 aromatic carbocycles. The molecule has 1 aromatic heterocycles. The number of hydrogen-bond acceptors (Lipinski definition) is 5. The van der Waals surface area contributed by atoms with E-state index in [-0.39, 0.29) is 0 Å². The number of ether oxygens (including phenoxy) is 1. The molecule has 0 unspecified atom stereocenters. The molecule has 20 heavy (non-hydrogen) atoms. The van der Waals surface area contributed by atoms with Gasteiger partial charge in [-0.25, -0.2) is 4.98 Å². The molecular weight excluding hydrogens is 252 g/mol. The highest BCUT2D eigenvalue weighted by atomic mass is 16.5. The molecule has 0 saturated heterocycles. The molecule has 5 heteroatoms. The molecule has 1 fully saturated rings. The van der Waals surface area contributed by atoms with Crippen LogP contribution in [-0.2, 0) is 6.42 Å². The van der Waals surface area contributed by atoms with Crippen LogP contribution in [-0.4, -0.2) is 23.1 Å². The standard InChI is InChI=1S/C15H26N4O/c1-10(2)9-12-18-14(13(16)15(19-12)20-3)17-11-7-5-4-6-8-11/h10-11H,4-9,16H2,1-3H3,(H,17,18,19). The summed E-state index contributed by atoms with van der Waals surface area (Å²) in [5.74, 6) is 2.52. The van der Waals surface area contributed by atoms with Crippen LogP contribution in [0.25, 0.3) is 0 Å². The Morgan fingerprint density at radius 3 is 2.55 bits per heavy atom. The number of hydrogen-bond donors (Lipinski definition) is 2. The van der Waals surface area contributed by atoms with Gasteiger partial charge in [-0.15, -0.1) is 0 Å². The molecule has 3 N–H and O–H groups in total. The molecule has 0 aliphatic heterocycles. The molecule has 0 radical (unpaired) electrons. The summed E-state index contributed by atoms with van der Waals surface area (Å²) >= 11 is 0. The van der Waals surface area contributed by atoms with Gasteiger partial charge in [-0.3, -0.25) is 0 Å². The van der Waals surface area contributed by atoms with Crippen molar-refractivity contribution in [2.45, 2.75) is 58.4 Å². The minimum atomic E-state index is 0.470. The zero-order valence-corrected chi connectivity index (χ0v) is 12.8. The Morgan fingerprint density at radius 1 is 1.25 bits per heavy atom. The summed E-state index contributed by atoms with van der Waals surface area (Å²) in [4.78, 5) is 8.97. The van der Waals surface area contributed by atoms with E-state index in [1.165, 1.54) is 32.1 Å². The second-order valence-corrected chi connectivity index (χ2v) is 5.99. The Morgan fingerprint density at radius 2 is 1.95 bits per heavy atom. The molecule has 0 bridgehead atoms. The summed E-state index contributed by atoms with van der Waals surface area (Å²) in [5, 5.41) is 3.48. The normalized spacial score (nSPS) is 16.4. The molecule has 1 aliphatic carbocycles. The first-order chi connectivity index (χ1) is 9.60. The fourth-order valence-electron chi connectivity index (χ4n) is 2.66. The van der Waals surface area contributed by atoms with E-state index in [0.717, 1.165) is 18.1 Å². The Bertz CT molecular complexity index is 442. The van der Waals surface area contributed by atoms with Crippen LogP contribution < -0.4 is 15.8 Å². The highest BCUT2D eigenvalue weighted by Crippen LogP contribution is 2.29. The average molecular weight is 278 g/mol. The molecule has 0 spiro atoms. The Labute approximate surface area is 121 Å². The fraction of sp³-hybridized carbons (Fsp3) is 0.733. The predicted molar refractivity (Wildman–Crippen MR) is 82.0 cm³/mol. The lowest BCUT2D eigenvalue weighted by molar-refractivity contribution is 0.396. The third kappa shape index (κ3) is 3.74. The molecule has 1 aliphatic rings. The first-order valence-corrected chi connectivity index (χ1v) is 7.57. The van der Waals surface area contributed by atoms with Crippen molar-refractivity contribution in [1.82, 2.24) is 9.97 Å². The van der Waals surface area contributed by atoms with Crippen molar-refractivity contribution >= 4 is 11.5 Å². The van der Waals surface area contributed by atoms with Gasteiger partial charge in [0.15, 0.2) is 5.82 Å². The maximum absolute atomic E-state index is 6.10. The van der Waals surface area contributed by atoms with Crippen LogP contribution >= 0.6 is 0 Å². The van der Waals surface area contributed by atoms with E-state index in [1.54, 1.807) is 7.11 Å². The lowest BCUT2D eigenvalue weighted by Crippen LogP contribution is -2.24. The van der Waals surface area contributed by atoms with Gasteiger partial charge >= 0.3 is 0 Å². The van der Waals surface area contributed by atoms with Crippen molar-refractivity contribution in [3.8, 4) is 5.88 Å². The number of nitrogens with zero attached hydrogens (tertiary/aromatic N) is 2. The topological polar surface area (TPSA) is 73.1 Å². The summed E-state index contributed by atoms with van der Waals surface area (Å²) in [7, 11) is 1.60. The number of nitrogens with two attached hydrogens (primary N) is 1. The van der Waals surface area contributed by atoms with Crippen molar-refractivity contribution < 1.29 is 4.74 Å². The number of methoxy groups -OCH3 is 1. The van der Waals surface area contributed by atoms with E-state index in [9.17, 15) is 0 Å². The molecule has 1 heterocycles. The second-order valence-electron chi connectivity index (χ2n) is 5.99. The van der Waals surface area contributed by atoms with Crippen LogP contribution in [0.3, 0.4) is 0 Å². The van der Waals surface area contributed by atoms with Gasteiger partial charge in [-0.1, -0.05) is 33.1 Å². The van der Waals surface area contributed by atoms with Gasteiger partial charge in [-0.05, 0) is 18.8 Å². The first-order valence-electron chi connectivity index (χ1n) is 7.57. The molecular formula is C15H26N4O. The van der Waals surface area contributed by atoms with Crippen molar-refractivity contribution in [2.24, 2.45) is 5.92 Å². The highest BCUT2D eigenvalue weighted by molar-refractivity contribution is 5.67. The number of nitrogen functional groups attached to an aromatic ring is 1. The van der Waals surface area contributed by atoms with Gasteiger partial charge in [0, 0.05) is 12.5 Å². The van der Waals surface area contributed by atoms with Gasteiger partial charge in [0.1, 0.15) is 11.5 Å². The lowest BCUT2D eigenvalue weighted by Gasteiger charge is -2.24. The summed E-state index contributed by atoms with van der Waals surface area (Å²) in [6.45, 7) is 4.31. The third-order valence-electron chi connectivity index (χ3n) is 3.69. The molecule has 112 valence electrons. The van der Waals surface area contributed by atoms with Crippen LogP contribution in [0.4, 0.5) is 11.5 Å². The van der Waals surface area contributed by atoms with Crippen LogP contribution in [0.15, 0.2) is 0 Å². The first kappa shape index (κ1) is 14.9. The zero-order valence-electron chi connectivity index (χ0n) is 12.8. The summed E-state index contributed by atoms with van der Waals surface area (Å²) in [6.07, 6.45) is 7.09. The maximum Gasteiger partial charge on any atom is 0.242 e. The van der Waals surface area contributed by atoms with Crippen LogP contribution in [0.2, 0.25) is 0 Å². The van der Waals surface area contributed by atoms with Gasteiger partial charge in [0.25, 0.3) is 0 Å². The van der Waals surface area contributed by atoms with Crippen molar-refractivity contribution in [2.75, 3.05) is 18.2 Å². The minimum absolute atomic E-state index is 0.470. The number of nitrogens with one attached hydrogen (secondary N) is 1. The quantitative estimate of drug-likeness (QED) is 0.866. The van der Waals surface area contributed by atoms with E-state index in [1.807, 2.05) is 0 Å². The Kier molecular flexibility index (Phi) is 5.04. The second kappa shape index (κ2) is 6.77. The summed E-state index contributed by atoms with van der Waals surface area (Å²) in [5.41, 5.74) is 6.62. The van der Waals surface area contributed by atoms with E-state index in [0.29, 0.717) is 23.5 Å². The minimum Gasteiger partial charge on any atom is -0.479 e. The van der Waals surface area contributed by atoms with Crippen molar-refractivity contribution in [3.05, 3.63) is 5.82 Å². The van der Waals surface area contributed by atoms with Gasteiger partial charge in [0.05, 0.1) is 7.11 Å². The monoisotopic (exact) mass is 278 g/mol. The Balaban J connectivity index is 2.20. The predicted octanol–water partition coefficient (Wildman–Crippen LogP) is 3.01. The van der Waals surface area contributed by atoms with E-state index < -0.39 is 0 Å². The van der Waals surface area contributed by atoms with Crippen molar-refractivity contribution in [3.63, 3.8) is 0 Å². The zero-order chi connectivity index (χ0) is 14.5. The molecule has 0 atom stereocenters. The van der Waals surface area contributed by atoms with Crippen molar-refractivity contribution in [1.29, 1.82) is 0 Å². The number of anilines is 2. The largest absolute Gasteiger partial charge is 0.479 e. The molecule has 1 saturated carbocycles. The molecule has 0 amide bonds. The summed E-state index contributed by atoms with van der Waals surface area (Å²) in [6, 6.07) is 0.470. The average Bonchev–Trinajstić information content (AvgIpc) is 2.42. The third-order valence-corrected chi connectivity index (χ3v) is 3.69. The molecule has 5 nitrogen and oxygen atoms in total. The van der Waals surface area contributed by atoms with Crippen LogP contribution in [0.5, 0.6) is 5.88 Å². The van der Waals surface area contributed by atoms with Crippen LogP contribution in [0.1, 0.15) is 51.8 Å². The number of rotatable bonds is 5. The van der Waals surface area contributed by atoms with Gasteiger partial charge in [-0.2, -0.15) is 4.98 Å². The summed E-state index contributed by atoms with van der Waals surface area (Å²) < 4.78 is 5.28. The molecule has 2 rings (SSSR count). The lowest BCUT2D eigenvalue weighted by atomic mass is 9.95. The Hall–Kier alpha value is -1.52. The van der Waals surface area contributed by atoms with E-state index in [4.69, 9.17) is 10.5 Å². The van der Waals surface area contributed by atoms with E-state index in [2.05, 4.69) is 29.1 Å². The van der Waals surface area contributed by atoms with Gasteiger partial charge in [0.2, 0.25) is 5.88 Å². The fourth-order valence-corrected chi connectivity index (χ4v) is 2.66. The smallest absolute Gasteiger partial charge is 0.242 e.